The summed E-state index contributed by atoms with van der Waals surface area (Å²) in [6.07, 6.45) is 0. The van der Waals surface area contributed by atoms with Crippen LogP contribution < -0.4 is 0 Å². The molecule has 0 radical (unpaired) electrons. The van der Waals surface area contributed by atoms with E-state index < -0.39 is 11.8 Å². The molecule has 0 bridgehead atoms. The fourth-order valence-corrected chi connectivity index (χ4v) is 2.12. The minimum atomic E-state index is -0.437. The van der Waals surface area contributed by atoms with Gasteiger partial charge in [-0.1, -0.05) is 60.2 Å². The average Bonchev–Trinajstić information content (AvgIpc) is 2.47. The number of nitriles is 2. The van der Waals surface area contributed by atoms with Crippen molar-refractivity contribution in [3.05, 3.63) is 71.3 Å². The van der Waals surface area contributed by atoms with Crippen molar-refractivity contribution < 1.29 is 0 Å². The summed E-state index contributed by atoms with van der Waals surface area (Å²) >= 11 is 0. The third kappa shape index (κ3) is 2.81. The highest BCUT2D eigenvalue weighted by molar-refractivity contribution is 5.37. The van der Waals surface area contributed by atoms with Crippen molar-refractivity contribution >= 4 is 0 Å². The Bertz CT molecular complexity index is 615. The van der Waals surface area contributed by atoms with Crippen molar-refractivity contribution in [3.63, 3.8) is 0 Å². The molecule has 2 nitrogen and oxygen atoms in total. The SMILES string of the molecule is Cc1ccc(C(C#N)C(C#N)c2ccccc2)cc1. The molecule has 2 heteroatoms. The lowest BCUT2D eigenvalue weighted by Crippen LogP contribution is -2.08. The molecule has 2 aromatic rings. The van der Waals surface area contributed by atoms with Gasteiger partial charge in [-0.05, 0) is 18.1 Å². The standard InChI is InChI=1S/C17H14N2/c1-13-7-9-15(10-8-13)17(12-19)16(11-18)14-5-3-2-4-6-14/h2-10,16-17H,1H3. The molecule has 0 aromatic heterocycles. The molecule has 0 aliphatic carbocycles. The number of benzene rings is 2. The summed E-state index contributed by atoms with van der Waals surface area (Å²) in [5.41, 5.74) is 2.93. The van der Waals surface area contributed by atoms with Crippen LogP contribution in [-0.2, 0) is 0 Å². The molecule has 0 saturated heterocycles. The van der Waals surface area contributed by atoms with Crippen molar-refractivity contribution in [1.82, 2.24) is 0 Å². The highest BCUT2D eigenvalue weighted by atomic mass is 14.4. The van der Waals surface area contributed by atoms with Crippen molar-refractivity contribution in [2.75, 3.05) is 0 Å². The number of aryl methyl sites for hydroxylation is 1. The van der Waals surface area contributed by atoms with Crippen molar-refractivity contribution in [3.8, 4) is 12.1 Å². The zero-order valence-electron chi connectivity index (χ0n) is 10.7. The van der Waals surface area contributed by atoms with Gasteiger partial charge >= 0.3 is 0 Å². The van der Waals surface area contributed by atoms with Crippen LogP contribution in [-0.4, -0.2) is 0 Å². The number of nitrogens with zero attached hydrogens (tertiary/aromatic N) is 2. The van der Waals surface area contributed by atoms with Gasteiger partial charge in [0.05, 0.1) is 24.0 Å². The van der Waals surface area contributed by atoms with E-state index in [2.05, 4.69) is 12.1 Å². The molecule has 0 heterocycles. The first-order valence-electron chi connectivity index (χ1n) is 6.17. The van der Waals surface area contributed by atoms with E-state index in [1.165, 1.54) is 0 Å². The molecule has 0 fully saturated rings. The molecule has 0 aliphatic rings. The van der Waals surface area contributed by atoms with Gasteiger partial charge in [-0.2, -0.15) is 10.5 Å². The maximum absolute atomic E-state index is 9.41. The fraction of sp³-hybridized carbons (Fsp3) is 0.176. The summed E-state index contributed by atoms with van der Waals surface area (Å²) < 4.78 is 0. The normalized spacial score (nSPS) is 13.0. The lowest BCUT2D eigenvalue weighted by atomic mass is 9.83. The Kier molecular flexibility index (Phi) is 3.96. The second-order valence-electron chi connectivity index (χ2n) is 4.53. The predicted molar refractivity (Wildman–Crippen MR) is 74.3 cm³/mol. The lowest BCUT2D eigenvalue weighted by Gasteiger charge is -2.16. The quantitative estimate of drug-likeness (QED) is 0.824. The Morgan fingerprint density at radius 3 is 1.68 bits per heavy atom. The molecular weight excluding hydrogens is 232 g/mol. The Balaban J connectivity index is 2.39. The second kappa shape index (κ2) is 5.85. The highest BCUT2D eigenvalue weighted by Crippen LogP contribution is 2.32. The van der Waals surface area contributed by atoms with Gasteiger partial charge in [0, 0.05) is 0 Å². The van der Waals surface area contributed by atoms with Crippen LogP contribution in [0.25, 0.3) is 0 Å². The van der Waals surface area contributed by atoms with Crippen LogP contribution in [0.5, 0.6) is 0 Å². The largest absolute Gasteiger partial charge is 0.198 e. The smallest absolute Gasteiger partial charge is 0.0911 e. The number of hydrogen-bond donors (Lipinski definition) is 0. The van der Waals surface area contributed by atoms with E-state index >= 15 is 0 Å². The molecule has 19 heavy (non-hydrogen) atoms. The monoisotopic (exact) mass is 246 g/mol. The number of rotatable bonds is 3. The highest BCUT2D eigenvalue weighted by Gasteiger charge is 2.24. The summed E-state index contributed by atoms with van der Waals surface area (Å²) in [5.74, 6) is -0.873. The van der Waals surface area contributed by atoms with E-state index in [1.54, 1.807) is 0 Å². The van der Waals surface area contributed by atoms with E-state index in [1.807, 2.05) is 61.5 Å². The molecule has 0 aliphatic heterocycles. The molecular formula is C17H14N2. The van der Waals surface area contributed by atoms with Crippen LogP contribution in [0.15, 0.2) is 54.6 Å². The van der Waals surface area contributed by atoms with Crippen LogP contribution in [0.4, 0.5) is 0 Å². The Hall–Kier alpha value is -2.58. The van der Waals surface area contributed by atoms with Crippen LogP contribution in [0.2, 0.25) is 0 Å². The topological polar surface area (TPSA) is 47.6 Å². The third-order valence-corrected chi connectivity index (χ3v) is 3.21. The van der Waals surface area contributed by atoms with Crippen molar-refractivity contribution in [2.24, 2.45) is 0 Å². The van der Waals surface area contributed by atoms with Crippen molar-refractivity contribution in [1.29, 1.82) is 10.5 Å². The minimum Gasteiger partial charge on any atom is -0.198 e. The van der Waals surface area contributed by atoms with Gasteiger partial charge in [0.2, 0.25) is 0 Å². The van der Waals surface area contributed by atoms with E-state index in [4.69, 9.17) is 0 Å². The van der Waals surface area contributed by atoms with Crippen LogP contribution in [0, 0.1) is 29.6 Å². The minimum absolute atomic E-state index is 0.436. The Morgan fingerprint density at radius 2 is 1.21 bits per heavy atom. The summed E-state index contributed by atoms with van der Waals surface area (Å²) in [5, 5.41) is 18.8. The maximum atomic E-state index is 9.41. The van der Waals surface area contributed by atoms with E-state index in [9.17, 15) is 10.5 Å². The zero-order chi connectivity index (χ0) is 13.7. The predicted octanol–water partition coefficient (Wildman–Crippen LogP) is 3.91. The van der Waals surface area contributed by atoms with E-state index in [0.29, 0.717) is 0 Å². The van der Waals surface area contributed by atoms with Gasteiger partial charge in [-0.15, -0.1) is 0 Å². The third-order valence-electron chi connectivity index (χ3n) is 3.21. The van der Waals surface area contributed by atoms with Gasteiger partial charge in [0.15, 0.2) is 0 Å². The van der Waals surface area contributed by atoms with Crippen LogP contribution in [0.3, 0.4) is 0 Å². The van der Waals surface area contributed by atoms with Gasteiger partial charge < -0.3 is 0 Å². The van der Waals surface area contributed by atoms with Crippen molar-refractivity contribution in [2.45, 2.75) is 18.8 Å². The molecule has 92 valence electrons. The summed E-state index contributed by atoms with van der Waals surface area (Å²) in [6.45, 7) is 2.00. The van der Waals surface area contributed by atoms with E-state index in [-0.39, 0.29) is 0 Å². The summed E-state index contributed by atoms with van der Waals surface area (Å²) in [6, 6.07) is 21.8. The maximum Gasteiger partial charge on any atom is 0.0911 e. The lowest BCUT2D eigenvalue weighted by molar-refractivity contribution is 0.761. The first-order valence-corrected chi connectivity index (χ1v) is 6.17. The molecule has 0 N–H and O–H groups in total. The van der Waals surface area contributed by atoms with Crippen LogP contribution >= 0.6 is 0 Å². The van der Waals surface area contributed by atoms with Gasteiger partial charge in [0.25, 0.3) is 0 Å². The Labute approximate surface area is 113 Å². The number of hydrogen-bond acceptors (Lipinski definition) is 2. The van der Waals surface area contributed by atoms with Crippen LogP contribution in [0.1, 0.15) is 28.5 Å². The second-order valence-corrected chi connectivity index (χ2v) is 4.53. The molecule has 2 atom stereocenters. The molecule has 2 aromatic carbocycles. The van der Waals surface area contributed by atoms with Gasteiger partial charge in [-0.25, -0.2) is 0 Å². The molecule has 2 rings (SSSR count). The molecule has 2 unspecified atom stereocenters. The van der Waals surface area contributed by atoms with E-state index in [0.717, 1.165) is 16.7 Å². The molecule has 0 amide bonds. The zero-order valence-corrected chi connectivity index (χ0v) is 10.7. The fourth-order valence-electron chi connectivity index (χ4n) is 2.12. The first-order chi connectivity index (χ1) is 9.26. The first kappa shape index (κ1) is 12.9. The summed E-state index contributed by atoms with van der Waals surface area (Å²) in [7, 11) is 0. The Morgan fingerprint density at radius 1 is 0.737 bits per heavy atom. The van der Waals surface area contributed by atoms with Gasteiger partial charge in [0.1, 0.15) is 0 Å². The van der Waals surface area contributed by atoms with Gasteiger partial charge in [-0.3, -0.25) is 0 Å². The summed E-state index contributed by atoms with van der Waals surface area (Å²) in [4.78, 5) is 0. The molecule has 0 saturated carbocycles. The average molecular weight is 246 g/mol. The molecule has 0 spiro atoms.